The monoisotopic (exact) mass is 645 g/mol. The summed E-state index contributed by atoms with van der Waals surface area (Å²) in [5.41, 5.74) is 4.37. The number of aliphatic hydroxyl groups excluding tert-OH is 1. The molecule has 0 fully saturated rings. The third-order valence-corrected chi connectivity index (χ3v) is 9.76. The summed E-state index contributed by atoms with van der Waals surface area (Å²) >= 11 is 2.73. The van der Waals surface area contributed by atoms with Gasteiger partial charge >= 0.3 is 0 Å². The van der Waals surface area contributed by atoms with E-state index in [0.29, 0.717) is 33.6 Å². The maximum absolute atomic E-state index is 14.0. The highest BCUT2D eigenvalue weighted by Gasteiger charge is 2.46. The molecule has 1 amide bonds. The van der Waals surface area contributed by atoms with Crippen molar-refractivity contribution in [2.45, 2.75) is 29.7 Å². The number of ether oxygens (including phenoxy) is 1. The Kier molecular flexibility index (Phi) is 8.13. The number of nitrogens with zero attached hydrogens (tertiary/aromatic N) is 3. The highest BCUT2D eigenvalue weighted by Crippen LogP contribution is 2.44. The topological polar surface area (TPSA) is 106 Å². The van der Waals surface area contributed by atoms with E-state index in [1.807, 2.05) is 55.5 Å². The number of ketones is 1. The number of furan rings is 1. The van der Waals surface area contributed by atoms with Crippen molar-refractivity contribution in [1.82, 2.24) is 10.2 Å². The number of aromatic nitrogens is 2. The van der Waals surface area contributed by atoms with Gasteiger partial charge in [-0.3, -0.25) is 14.5 Å². The summed E-state index contributed by atoms with van der Waals surface area (Å²) in [7, 11) is 0. The Morgan fingerprint density at radius 3 is 2.43 bits per heavy atom. The molecule has 0 unspecified atom stereocenters. The molecule has 0 aliphatic carbocycles. The van der Waals surface area contributed by atoms with Crippen LogP contribution in [0.25, 0.3) is 11.0 Å². The highest BCUT2D eigenvalue weighted by molar-refractivity contribution is 8.00. The minimum atomic E-state index is -0.973. The molecule has 6 aromatic rings. The van der Waals surface area contributed by atoms with Crippen LogP contribution in [0.4, 0.5) is 5.13 Å². The molecule has 0 saturated carbocycles. The van der Waals surface area contributed by atoms with E-state index in [1.165, 1.54) is 33.6 Å². The van der Waals surface area contributed by atoms with Gasteiger partial charge in [0.1, 0.15) is 17.9 Å². The van der Waals surface area contributed by atoms with Crippen molar-refractivity contribution in [3.63, 3.8) is 0 Å². The van der Waals surface area contributed by atoms with Crippen molar-refractivity contribution in [2.24, 2.45) is 0 Å². The van der Waals surface area contributed by atoms with Crippen LogP contribution in [-0.2, 0) is 17.2 Å². The van der Waals surface area contributed by atoms with Crippen LogP contribution in [0.15, 0.2) is 129 Å². The van der Waals surface area contributed by atoms with E-state index in [-0.39, 0.29) is 16.5 Å². The predicted octanol–water partition coefficient (Wildman–Crippen LogP) is 8.25. The van der Waals surface area contributed by atoms with Crippen LogP contribution in [0.2, 0.25) is 0 Å². The Hall–Kier alpha value is -5.19. The summed E-state index contributed by atoms with van der Waals surface area (Å²) in [5.74, 6) is -0.651. The van der Waals surface area contributed by atoms with E-state index in [0.717, 1.165) is 16.5 Å². The number of carbonyl (C=O) groups is 2. The molecule has 3 heterocycles. The fourth-order valence-electron chi connectivity index (χ4n) is 5.25. The minimum absolute atomic E-state index is 0.0248. The summed E-state index contributed by atoms with van der Waals surface area (Å²) in [6.45, 7) is 2.43. The van der Waals surface area contributed by atoms with Gasteiger partial charge in [0.15, 0.2) is 15.9 Å². The van der Waals surface area contributed by atoms with Gasteiger partial charge in [0.05, 0.1) is 11.6 Å². The van der Waals surface area contributed by atoms with Crippen LogP contribution >= 0.6 is 23.1 Å². The van der Waals surface area contributed by atoms with Crippen molar-refractivity contribution < 1.29 is 23.8 Å². The minimum Gasteiger partial charge on any atom is -0.503 e. The number of rotatable bonds is 10. The van der Waals surface area contributed by atoms with E-state index in [1.54, 1.807) is 36.4 Å². The zero-order chi connectivity index (χ0) is 31.6. The van der Waals surface area contributed by atoms with Crippen molar-refractivity contribution in [2.75, 3.05) is 4.90 Å². The second kappa shape index (κ2) is 12.7. The van der Waals surface area contributed by atoms with Gasteiger partial charge in [0.2, 0.25) is 10.9 Å². The number of amides is 1. The summed E-state index contributed by atoms with van der Waals surface area (Å²) in [5, 5.41) is 20.9. The first-order chi connectivity index (χ1) is 22.4. The second-order valence-electron chi connectivity index (χ2n) is 10.8. The van der Waals surface area contributed by atoms with Gasteiger partial charge < -0.3 is 14.3 Å². The van der Waals surface area contributed by atoms with Gasteiger partial charge in [0.25, 0.3) is 5.91 Å². The zero-order valence-electron chi connectivity index (χ0n) is 24.6. The lowest BCUT2D eigenvalue weighted by atomic mass is 9.95. The molecule has 0 spiro atoms. The predicted molar refractivity (Wildman–Crippen MR) is 178 cm³/mol. The normalized spacial score (nSPS) is 14.8. The van der Waals surface area contributed by atoms with Gasteiger partial charge in [-0.05, 0) is 47.9 Å². The van der Waals surface area contributed by atoms with Gasteiger partial charge in [-0.25, -0.2) is 0 Å². The number of hydrogen-bond acceptors (Lipinski definition) is 9. The van der Waals surface area contributed by atoms with E-state index < -0.39 is 23.5 Å². The Bertz CT molecular complexity index is 2040. The largest absolute Gasteiger partial charge is 0.503 e. The molecule has 1 atom stereocenters. The third kappa shape index (κ3) is 5.92. The number of benzene rings is 4. The molecule has 0 bridgehead atoms. The SMILES string of the molecule is Cc1ccc(CSc2nnc(N3C(=O)C(O)=C(C(=O)c4cc5ccccc5o4)[C@H]3c3ccc(OCc4ccccc4)cc3)s2)cc1. The van der Waals surface area contributed by atoms with Gasteiger partial charge in [-0.2, -0.15) is 0 Å². The van der Waals surface area contributed by atoms with Crippen LogP contribution in [0.1, 0.15) is 38.9 Å². The molecule has 1 N–H and O–H groups in total. The maximum Gasteiger partial charge on any atom is 0.296 e. The number of thioether (sulfide) groups is 1. The molecular formula is C36H27N3O5S2. The molecule has 2 aromatic heterocycles. The summed E-state index contributed by atoms with van der Waals surface area (Å²) < 4.78 is 12.5. The molecule has 4 aromatic carbocycles. The quantitative estimate of drug-likeness (QED) is 0.0902. The first kappa shape index (κ1) is 29.5. The summed E-state index contributed by atoms with van der Waals surface area (Å²) in [4.78, 5) is 29.0. The second-order valence-corrected chi connectivity index (χ2v) is 13.0. The maximum atomic E-state index is 14.0. The number of carbonyl (C=O) groups excluding carboxylic acids is 2. The van der Waals surface area contributed by atoms with Crippen LogP contribution in [-0.4, -0.2) is 27.0 Å². The Balaban J connectivity index is 1.20. The number of hydrogen-bond donors (Lipinski definition) is 1. The number of para-hydroxylation sites is 1. The molecule has 0 saturated heterocycles. The lowest BCUT2D eigenvalue weighted by Crippen LogP contribution is -2.31. The van der Waals surface area contributed by atoms with Crippen LogP contribution in [0, 0.1) is 6.92 Å². The number of aliphatic hydroxyl groups is 1. The Morgan fingerprint density at radius 1 is 0.935 bits per heavy atom. The first-order valence-electron chi connectivity index (χ1n) is 14.5. The van der Waals surface area contributed by atoms with Gasteiger partial charge in [-0.1, -0.05) is 114 Å². The number of fused-ring (bicyclic) bond motifs is 1. The Labute approximate surface area is 273 Å². The molecule has 10 heteroatoms. The van der Waals surface area contributed by atoms with Crippen LogP contribution < -0.4 is 9.64 Å². The molecule has 7 rings (SSSR count). The fraction of sp³-hybridized carbons (Fsp3) is 0.111. The summed E-state index contributed by atoms with van der Waals surface area (Å²) in [6.07, 6.45) is 0. The first-order valence-corrected chi connectivity index (χ1v) is 16.3. The highest BCUT2D eigenvalue weighted by atomic mass is 32.2. The molecule has 1 aliphatic rings. The van der Waals surface area contributed by atoms with E-state index in [9.17, 15) is 14.7 Å². The van der Waals surface area contributed by atoms with E-state index in [2.05, 4.69) is 34.5 Å². The lowest BCUT2D eigenvalue weighted by molar-refractivity contribution is -0.117. The molecule has 8 nitrogen and oxygen atoms in total. The molecular weight excluding hydrogens is 619 g/mol. The number of anilines is 1. The van der Waals surface area contributed by atoms with Crippen LogP contribution in [0.5, 0.6) is 5.75 Å². The van der Waals surface area contributed by atoms with Crippen molar-refractivity contribution in [3.05, 3.63) is 149 Å². The number of Topliss-reactive ketones (excluding diaryl/α,β-unsaturated/α-hetero) is 1. The van der Waals surface area contributed by atoms with Gasteiger partial charge in [-0.15, -0.1) is 10.2 Å². The molecule has 228 valence electrons. The standard InChI is InChI=1S/C36H27N3O5S2/c1-22-11-13-24(14-12-22)21-45-36-38-37-35(46-36)39-31(25-15-17-27(18-16-25)43-20-23-7-3-2-4-8-23)30(33(41)34(39)42)32(40)29-19-26-9-5-6-10-28(26)44-29/h2-19,31,41H,20-21H2,1H3/t31-/m1/s1. The molecule has 1 aliphatic heterocycles. The fourth-order valence-corrected chi connectivity index (χ4v) is 7.07. The van der Waals surface area contributed by atoms with E-state index in [4.69, 9.17) is 9.15 Å². The third-order valence-electron chi connectivity index (χ3n) is 7.63. The van der Waals surface area contributed by atoms with Crippen LogP contribution in [0.3, 0.4) is 0 Å². The van der Waals surface area contributed by atoms with Crippen molar-refractivity contribution in [1.29, 1.82) is 0 Å². The van der Waals surface area contributed by atoms with Crippen molar-refractivity contribution >= 4 is 50.9 Å². The average molecular weight is 646 g/mol. The Morgan fingerprint density at radius 2 is 1.67 bits per heavy atom. The number of aryl methyl sites for hydroxylation is 1. The zero-order valence-corrected chi connectivity index (χ0v) is 26.3. The lowest BCUT2D eigenvalue weighted by Gasteiger charge is -2.24. The molecule has 0 radical (unpaired) electrons. The van der Waals surface area contributed by atoms with E-state index >= 15 is 0 Å². The summed E-state index contributed by atoms with van der Waals surface area (Å²) in [6, 6.07) is 33.1. The van der Waals surface area contributed by atoms with Gasteiger partial charge in [0, 0.05) is 11.1 Å². The molecule has 46 heavy (non-hydrogen) atoms. The smallest absolute Gasteiger partial charge is 0.296 e. The van der Waals surface area contributed by atoms with Crippen molar-refractivity contribution in [3.8, 4) is 5.75 Å². The average Bonchev–Trinajstić information content (AvgIpc) is 3.80.